The Balaban J connectivity index is 1.71. The van der Waals surface area contributed by atoms with Gasteiger partial charge in [0.2, 0.25) is 0 Å². The molecule has 0 unspecified atom stereocenters. The molecule has 2 amide bonds. The number of anilines is 1. The zero-order chi connectivity index (χ0) is 18.5. The first kappa shape index (κ1) is 17.5. The van der Waals surface area contributed by atoms with Gasteiger partial charge in [-0.05, 0) is 17.7 Å². The van der Waals surface area contributed by atoms with Crippen molar-refractivity contribution >= 4 is 34.5 Å². The van der Waals surface area contributed by atoms with E-state index in [1.807, 2.05) is 0 Å². The van der Waals surface area contributed by atoms with E-state index in [-0.39, 0.29) is 23.5 Å². The summed E-state index contributed by atoms with van der Waals surface area (Å²) in [4.78, 5) is 44.8. The number of alkyl halides is 1. The Morgan fingerprint density at radius 1 is 1.31 bits per heavy atom. The van der Waals surface area contributed by atoms with Gasteiger partial charge in [0.25, 0.3) is 5.56 Å². The normalized spacial score (nSPS) is 10.7. The second-order valence-electron chi connectivity index (χ2n) is 5.30. The van der Waals surface area contributed by atoms with Gasteiger partial charge in [0, 0.05) is 11.6 Å². The molecular formula is C15H14ClN7O3. The molecule has 2 aromatic heterocycles. The summed E-state index contributed by atoms with van der Waals surface area (Å²) in [7, 11) is 0. The number of nitroso groups, excluding NO2 is 1. The number of H-pyrrole nitrogens is 1. The summed E-state index contributed by atoms with van der Waals surface area (Å²) in [5.41, 5.74) is 1.89. The highest BCUT2D eigenvalue weighted by Gasteiger charge is 2.13. The monoisotopic (exact) mass is 375 g/mol. The van der Waals surface area contributed by atoms with Crippen LogP contribution in [0.25, 0.3) is 11.2 Å². The Labute approximate surface area is 151 Å². The van der Waals surface area contributed by atoms with Gasteiger partial charge in [-0.2, -0.15) is 5.01 Å². The highest BCUT2D eigenvalue weighted by Crippen LogP contribution is 2.13. The minimum absolute atomic E-state index is 0.0226. The molecule has 26 heavy (non-hydrogen) atoms. The smallest absolute Gasteiger partial charge is 0.311 e. The lowest BCUT2D eigenvalue weighted by molar-refractivity contribution is 0.216. The molecule has 2 heterocycles. The highest BCUT2D eigenvalue weighted by molar-refractivity contribution is 6.18. The largest absolute Gasteiger partial charge is 0.344 e. The lowest BCUT2D eigenvalue weighted by Crippen LogP contribution is -2.31. The molecule has 0 radical (unpaired) electrons. The molecule has 0 bridgehead atoms. The van der Waals surface area contributed by atoms with E-state index in [0.717, 1.165) is 5.56 Å². The van der Waals surface area contributed by atoms with Crippen LogP contribution in [0.3, 0.4) is 0 Å². The minimum Gasteiger partial charge on any atom is -0.311 e. The van der Waals surface area contributed by atoms with Crippen LogP contribution in [-0.4, -0.2) is 43.0 Å². The third-order valence-corrected chi connectivity index (χ3v) is 3.76. The third-order valence-electron chi connectivity index (χ3n) is 3.60. The van der Waals surface area contributed by atoms with Crippen LogP contribution in [-0.2, 0) is 6.54 Å². The average molecular weight is 376 g/mol. The number of carbonyl (C=O) groups is 1. The number of fused-ring (bicyclic) bond motifs is 1. The summed E-state index contributed by atoms with van der Waals surface area (Å²) in [5.74, 6) is 0.105. The number of carbonyl (C=O) groups excluding carboxylic acids is 1. The highest BCUT2D eigenvalue weighted by atomic mass is 35.5. The fourth-order valence-corrected chi connectivity index (χ4v) is 2.51. The van der Waals surface area contributed by atoms with Gasteiger partial charge < -0.3 is 14.9 Å². The van der Waals surface area contributed by atoms with Gasteiger partial charge in [0.15, 0.2) is 11.2 Å². The maximum absolute atomic E-state index is 11.9. The van der Waals surface area contributed by atoms with Gasteiger partial charge in [-0.1, -0.05) is 12.1 Å². The first-order chi connectivity index (χ1) is 12.6. The Hall–Kier alpha value is -3.27. The second kappa shape index (κ2) is 7.74. The Kier molecular flexibility index (Phi) is 5.23. The number of benzene rings is 1. The number of aromatic nitrogens is 4. The topological polar surface area (TPSA) is 125 Å². The van der Waals surface area contributed by atoms with Gasteiger partial charge in [0.1, 0.15) is 0 Å². The number of amides is 2. The summed E-state index contributed by atoms with van der Waals surface area (Å²) in [6, 6.07) is 6.33. The van der Waals surface area contributed by atoms with Crippen molar-refractivity contribution in [3.63, 3.8) is 0 Å². The van der Waals surface area contributed by atoms with Crippen LogP contribution in [0.2, 0.25) is 0 Å². The average Bonchev–Trinajstić information content (AvgIpc) is 3.05. The van der Waals surface area contributed by atoms with Crippen LogP contribution in [0, 0.1) is 4.91 Å². The number of halogens is 1. The van der Waals surface area contributed by atoms with E-state index in [4.69, 9.17) is 11.6 Å². The zero-order valence-electron chi connectivity index (χ0n) is 13.4. The number of urea groups is 1. The van der Waals surface area contributed by atoms with Gasteiger partial charge in [0.05, 0.1) is 31.0 Å². The molecule has 11 heteroatoms. The predicted octanol–water partition coefficient (Wildman–Crippen LogP) is 1.92. The molecule has 1 aromatic carbocycles. The first-order valence-electron chi connectivity index (χ1n) is 7.57. The fourth-order valence-electron chi connectivity index (χ4n) is 2.35. The number of hydrogen-bond donors (Lipinski definition) is 2. The predicted molar refractivity (Wildman–Crippen MR) is 95.9 cm³/mol. The summed E-state index contributed by atoms with van der Waals surface area (Å²) < 4.78 is 1.75. The van der Waals surface area contributed by atoms with Crippen molar-refractivity contribution in [2.45, 2.75) is 6.54 Å². The number of nitrogens with one attached hydrogen (secondary N) is 2. The van der Waals surface area contributed by atoms with Crippen LogP contribution in [0.4, 0.5) is 10.5 Å². The van der Waals surface area contributed by atoms with Crippen molar-refractivity contribution in [2.24, 2.45) is 5.29 Å². The van der Waals surface area contributed by atoms with Crippen LogP contribution in [0.5, 0.6) is 0 Å². The van der Waals surface area contributed by atoms with Gasteiger partial charge in [-0.15, -0.1) is 16.5 Å². The molecule has 0 saturated carbocycles. The molecule has 0 aliphatic heterocycles. The quantitative estimate of drug-likeness (QED) is 0.386. The number of aromatic amines is 1. The second-order valence-corrected chi connectivity index (χ2v) is 5.68. The van der Waals surface area contributed by atoms with Crippen molar-refractivity contribution in [1.29, 1.82) is 0 Å². The molecule has 0 aliphatic carbocycles. The lowest BCUT2D eigenvalue weighted by atomic mass is 10.2. The molecule has 0 saturated heterocycles. The molecule has 0 atom stereocenters. The maximum Gasteiger partial charge on any atom is 0.344 e. The molecular weight excluding hydrogens is 362 g/mol. The van der Waals surface area contributed by atoms with Gasteiger partial charge in [-0.3, -0.25) is 4.79 Å². The maximum atomic E-state index is 11.9. The fraction of sp³-hybridized carbons (Fsp3) is 0.200. The van der Waals surface area contributed by atoms with Crippen molar-refractivity contribution in [3.05, 3.63) is 57.7 Å². The molecule has 3 aromatic rings. The zero-order valence-corrected chi connectivity index (χ0v) is 14.2. The Morgan fingerprint density at radius 3 is 2.77 bits per heavy atom. The van der Waals surface area contributed by atoms with Crippen molar-refractivity contribution in [2.75, 3.05) is 17.7 Å². The Morgan fingerprint density at radius 2 is 2.08 bits per heavy atom. The van der Waals surface area contributed by atoms with E-state index in [0.29, 0.717) is 22.9 Å². The first-order valence-corrected chi connectivity index (χ1v) is 8.11. The van der Waals surface area contributed by atoms with Crippen molar-refractivity contribution in [1.82, 2.24) is 24.5 Å². The molecule has 10 nitrogen and oxygen atoms in total. The SMILES string of the molecule is O=NN(CCCl)C(=O)Nc1ccc(Cn2cnc3c(=O)[nH]cnc32)cc1. The number of rotatable bonds is 6. The van der Waals surface area contributed by atoms with E-state index in [2.05, 4.69) is 25.6 Å². The minimum atomic E-state index is -0.655. The molecule has 0 fully saturated rings. The number of hydrogen-bond acceptors (Lipinski definition) is 6. The van der Waals surface area contributed by atoms with E-state index < -0.39 is 6.03 Å². The van der Waals surface area contributed by atoms with Crippen molar-refractivity contribution < 1.29 is 4.79 Å². The molecule has 3 rings (SSSR count). The van der Waals surface area contributed by atoms with Crippen LogP contribution in [0.15, 0.2) is 47.0 Å². The van der Waals surface area contributed by atoms with Crippen molar-refractivity contribution in [3.8, 4) is 0 Å². The third kappa shape index (κ3) is 3.70. The summed E-state index contributed by atoms with van der Waals surface area (Å²) >= 11 is 5.51. The van der Waals surface area contributed by atoms with Crippen LogP contribution in [0.1, 0.15) is 5.56 Å². The van der Waals surface area contributed by atoms with Gasteiger partial charge in [-0.25, -0.2) is 14.8 Å². The number of nitrogens with zero attached hydrogens (tertiary/aromatic N) is 5. The molecule has 134 valence electrons. The van der Waals surface area contributed by atoms with E-state index in [1.54, 1.807) is 35.2 Å². The summed E-state index contributed by atoms with van der Waals surface area (Å²) in [6.07, 6.45) is 2.87. The summed E-state index contributed by atoms with van der Waals surface area (Å²) in [5, 5.41) is 5.89. The van der Waals surface area contributed by atoms with Crippen LogP contribution < -0.4 is 10.9 Å². The van der Waals surface area contributed by atoms with Gasteiger partial charge >= 0.3 is 6.03 Å². The number of imidazole rings is 1. The van der Waals surface area contributed by atoms with E-state index in [9.17, 15) is 14.5 Å². The standard InChI is InChI=1S/C15H14ClN7O3/c16-5-6-23(21-26)15(25)20-11-3-1-10(2-4-11)7-22-9-19-12-13(22)17-8-18-14(12)24/h1-4,8-9H,5-7H2,(H,20,25)(H,17,18,24). The Bertz CT molecular complexity index is 983. The van der Waals surface area contributed by atoms with E-state index >= 15 is 0 Å². The lowest BCUT2D eigenvalue weighted by Gasteiger charge is -2.13. The molecule has 0 aliphatic rings. The summed E-state index contributed by atoms with van der Waals surface area (Å²) in [6.45, 7) is 0.476. The molecule has 2 N–H and O–H groups in total. The van der Waals surface area contributed by atoms with E-state index in [1.165, 1.54) is 6.33 Å². The molecule has 0 spiro atoms. The van der Waals surface area contributed by atoms with Crippen LogP contribution >= 0.6 is 11.6 Å².